The van der Waals surface area contributed by atoms with Gasteiger partial charge in [0.05, 0.1) is 17.7 Å². The third kappa shape index (κ3) is 5.30. The fourth-order valence-electron chi connectivity index (χ4n) is 2.35. The standard InChI is InChI=1S/C19H16F3N3OS/c1-12-5-7-14(8-6-12)23-17(26)10-16-11-27-18(25-16)24-15-4-2-3-13(9-15)19(20,21)22/h2-9,11H,10H2,1H3,(H,23,26)(H,24,25). The number of amides is 1. The van der Waals surface area contributed by atoms with Gasteiger partial charge in [0.2, 0.25) is 5.91 Å². The number of alkyl halides is 3. The molecule has 0 fully saturated rings. The maximum atomic E-state index is 12.8. The lowest BCUT2D eigenvalue weighted by Crippen LogP contribution is -2.14. The number of nitrogens with one attached hydrogen (secondary N) is 2. The molecule has 0 aliphatic heterocycles. The Kier molecular flexibility index (Phi) is 5.46. The van der Waals surface area contributed by atoms with E-state index in [9.17, 15) is 18.0 Å². The monoisotopic (exact) mass is 391 g/mol. The van der Waals surface area contributed by atoms with Crippen molar-refractivity contribution in [1.29, 1.82) is 0 Å². The minimum Gasteiger partial charge on any atom is -0.332 e. The molecule has 0 aliphatic rings. The van der Waals surface area contributed by atoms with E-state index in [0.717, 1.165) is 17.7 Å². The van der Waals surface area contributed by atoms with Gasteiger partial charge in [0, 0.05) is 16.8 Å². The van der Waals surface area contributed by atoms with Gasteiger partial charge in [0.1, 0.15) is 0 Å². The van der Waals surface area contributed by atoms with Crippen LogP contribution in [0.2, 0.25) is 0 Å². The van der Waals surface area contributed by atoms with Crippen LogP contribution < -0.4 is 10.6 Å². The van der Waals surface area contributed by atoms with E-state index >= 15 is 0 Å². The highest BCUT2D eigenvalue weighted by Gasteiger charge is 2.30. The van der Waals surface area contributed by atoms with Gasteiger partial charge in [-0.2, -0.15) is 13.2 Å². The third-order valence-corrected chi connectivity index (χ3v) is 4.48. The largest absolute Gasteiger partial charge is 0.416 e. The van der Waals surface area contributed by atoms with E-state index in [-0.39, 0.29) is 18.0 Å². The van der Waals surface area contributed by atoms with E-state index in [2.05, 4.69) is 15.6 Å². The van der Waals surface area contributed by atoms with Crippen LogP contribution in [-0.2, 0) is 17.4 Å². The number of aryl methyl sites for hydroxylation is 1. The summed E-state index contributed by atoms with van der Waals surface area (Å²) in [4.78, 5) is 16.4. The van der Waals surface area contributed by atoms with Crippen LogP contribution in [0.1, 0.15) is 16.8 Å². The van der Waals surface area contributed by atoms with E-state index in [1.54, 1.807) is 5.38 Å². The molecule has 8 heteroatoms. The second kappa shape index (κ2) is 7.79. The average Bonchev–Trinajstić information content (AvgIpc) is 3.03. The summed E-state index contributed by atoms with van der Waals surface area (Å²) >= 11 is 1.22. The zero-order chi connectivity index (χ0) is 19.4. The molecule has 0 saturated heterocycles. The van der Waals surface area contributed by atoms with Gasteiger partial charge < -0.3 is 10.6 Å². The quantitative estimate of drug-likeness (QED) is 0.613. The van der Waals surface area contributed by atoms with Gasteiger partial charge in [0.25, 0.3) is 0 Å². The fourth-order valence-corrected chi connectivity index (χ4v) is 3.08. The highest BCUT2D eigenvalue weighted by Crippen LogP contribution is 2.31. The van der Waals surface area contributed by atoms with Crippen LogP contribution in [0.4, 0.5) is 29.7 Å². The van der Waals surface area contributed by atoms with Gasteiger partial charge in [-0.05, 0) is 37.3 Å². The van der Waals surface area contributed by atoms with Crippen molar-refractivity contribution in [2.75, 3.05) is 10.6 Å². The minimum absolute atomic E-state index is 0.0780. The molecular formula is C19H16F3N3OS. The second-order valence-corrected chi connectivity index (χ2v) is 6.80. The van der Waals surface area contributed by atoms with Crippen LogP contribution in [0.15, 0.2) is 53.9 Å². The van der Waals surface area contributed by atoms with Crippen molar-refractivity contribution in [2.45, 2.75) is 19.5 Å². The van der Waals surface area contributed by atoms with Crippen molar-refractivity contribution < 1.29 is 18.0 Å². The first-order valence-electron chi connectivity index (χ1n) is 8.05. The number of thiazole rings is 1. The number of halogens is 3. The van der Waals surface area contributed by atoms with Gasteiger partial charge in [-0.3, -0.25) is 4.79 Å². The van der Waals surface area contributed by atoms with E-state index < -0.39 is 11.7 Å². The maximum absolute atomic E-state index is 12.8. The summed E-state index contributed by atoms with van der Waals surface area (Å²) in [5.74, 6) is -0.213. The first kappa shape index (κ1) is 18.9. The number of anilines is 3. The van der Waals surface area contributed by atoms with Crippen molar-refractivity contribution >= 4 is 33.8 Å². The Bertz CT molecular complexity index is 936. The summed E-state index contributed by atoms with van der Waals surface area (Å²) in [6.45, 7) is 1.96. The molecule has 2 aromatic carbocycles. The summed E-state index contributed by atoms with van der Waals surface area (Å²) in [6, 6.07) is 12.3. The van der Waals surface area contributed by atoms with Crippen molar-refractivity contribution in [3.63, 3.8) is 0 Å². The Morgan fingerprint density at radius 3 is 2.56 bits per heavy atom. The molecule has 0 radical (unpaired) electrons. The Morgan fingerprint density at radius 2 is 1.85 bits per heavy atom. The number of hydrogen-bond donors (Lipinski definition) is 2. The smallest absolute Gasteiger partial charge is 0.332 e. The second-order valence-electron chi connectivity index (χ2n) is 5.94. The number of nitrogens with zero attached hydrogens (tertiary/aromatic N) is 1. The SMILES string of the molecule is Cc1ccc(NC(=O)Cc2csc(Nc3cccc(C(F)(F)F)c3)n2)cc1. The summed E-state index contributed by atoms with van der Waals surface area (Å²) in [5, 5.41) is 7.75. The zero-order valence-corrected chi connectivity index (χ0v) is 15.1. The number of benzene rings is 2. The molecule has 0 saturated carbocycles. The predicted molar refractivity (Wildman–Crippen MR) is 100 cm³/mol. The molecule has 0 unspecified atom stereocenters. The number of carbonyl (C=O) groups excluding carboxylic acids is 1. The molecule has 1 aromatic heterocycles. The van der Waals surface area contributed by atoms with Crippen LogP contribution in [0, 0.1) is 6.92 Å². The Balaban J connectivity index is 1.61. The number of aromatic nitrogens is 1. The van der Waals surface area contributed by atoms with Crippen LogP contribution in [0.3, 0.4) is 0 Å². The highest BCUT2D eigenvalue weighted by atomic mass is 32.1. The number of rotatable bonds is 5. The lowest BCUT2D eigenvalue weighted by Gasteiger charge is -2.09. The first-order chi connectivity index (χ1) is 12.8. The first-order valence-corrected chi connectivity index (χ1v) is 8.93. The average molecular weight is 391 g/mol. The fraction of sp³-hybridized carbons (Fsp3) is 0.158. The molecular weight excluding hydrogens is 375 g/mol. The van der Waals surface area contributed by atoms with E-state index in [1.165, 1.54) is 23.5 Å². The molecule has 1 amide bonds. The molecule has 0 atom stereocenters. The van der Waals surface area contributed by atoms with Crippen molar-refractivity contribution in [3.05, 3.63) is 70.7 Å². The van der Waals surface area contributed by atoms with Gasteiger partial charge in [-0.15, -0.1) is 11.3 Å². The van der Waals surface area contributed by atoms with E-state index in [0.29, 0.717) is 16.5 Å². The topological polar surface area (TPSA) is 54.0 Å². The van der Waals surface area contributed by atoms with Crippen molar-refractivity contribution in [3.8, 4) is 0 Å². The van der Waals surface area contributed by atoms with Gasteiger partial charge >= 0.3 is 6.18 Å². The van der Waals surface area contributed by atoms with Gasteiger partial charge in [0.15, 0.2) is 5.13 Å². The van der Waals surface area contributed by atoms with Gasteiger partial charge in [-0.1, -0.05) is 23.8 Å². The number of hydrogen-bond acceptors (Lipinski definition) is 4. The molecule has 0 bridgehead atoms. The predicted octanol–water partition coefficient (Wildman–Crippen LogP) is 5.40. The number of carbonyl (C=O) groups is 1. The van der Waals surface area contributed by atoms with E-state index in [4.69, 9.17) is 0 Å². The maximum Gasteiger partial charge on any atom is 0.416 e. The Morgan fingerprint density at radius 1 is 1.11 bits per heavy atom. The molecule has 3 rings (SSSR count). The minimum atomic E-state index is -4.40. The van der Waals surface area contributed by atoms with Crippen molar-refractivity contribution in [2.24, 2.45) is 0 Å². The molecule has 0 spiro atoms. The normalized spacial score (nSPS) is 11.3. The molecule has 27 heavy (non-hydrogen) atoms. The highest BCUT2D eigenvalue weighted by molar-refractivity contribution is 7.13. The molecule has 140 valence electrons. The molecule has 4 nitrogen and oxygen atoms in total. The summed E-state index contributed by atoms with van der Waals surface area (Å²) < 4.78 is 38.3. The molecule has 3 aromatic rings. The van der Waals surface area contributed by atoms with Crippen LogP contribution in [-0.4, -0.2) is 10.9 Å². The van der Waals surface area contributed by atoms with Crippen molar-refractivity contribution in [1.82, 2.24) is 4.98 Å². The summed E-state index contributed by atoms with van der Waals surface area (Å²) in [7, 11) is 0. The molecule has 2 N–H and O–H groups in total. The van der Waals surface area contributed by atoms with Crippen LogP contribution >= 0.6 is 11.3 Å². The Labute approximate surface area is 158 Å². The summed E-state index contributed by atoms with van der Waals surface area (Å²) in [6.07, 6.45) is -4.32. The lowest BCUT2D eigenvalue weighted by atomic mass is 10.2. The summed E-state index contributed by atoms with van der Waals surface area (Å²) in [5.41, 5.74) is 1.89. The third-order valence-electron chi connectivity index (χ3n) is 3.67. The van der Waals surface area contributed by atoms with Crippen LogP contribution in [0.25, 0.3) is 0 Å². The Hall–Kier alpha value is -2.87. The lowest BCUT2D eigenvalue weighted by molar-refractivity contribution is -0.137. The molecule has 1 heterocycles. The van der Waals surface area contributed by atoms with E-state index in [1.807, 2.05) is 31.2 Å². The van der Waals surface area contributed by atoms with Crippen LogP contribution in [0.5, 0.6) is 0 Å². The molecule has 0 aliphatic carbocycles. The van der Waals surface area contributed by atoms with Gasteiger partial charge in [-0.25, -0.2) is 4.98 Å². The zero-order valence-electron chi connectivity index (χ0n) is 14.3.